The first kappa shape index (κ1) is 23.6. The van der Waals surface area contributed by atoms with Crippen LogP contribution in [0.3, 0.4) is 0 Å². The Morgan fingerprint density at radius 2 is 1.70 bits per heavy atom. The third kappa shape index (κ3) is 9.12. The summed E-state index contributed by atoms with van der Waals surface area (Å²) in [6.07, 6.45) is -4.70. The lowest BCUT2D eigenvalue weighted by molar-refractivity contribution is -0.145. The van der Waals surface area contributed by atoms with Gasteiger partial charge in [-0.1, -0.05) is 27.7 Å². The molecule has 1 aromatic rings. The van der Waals surface area contributed by atoms with Crippen molar-refractivity contribution in [1.29, 1.82) is 0 Å². The number of carbonyl (C=O) groups excluding carboxylic acids is 1. The second-order valence-corrected chi connectivity index (χ2v) is 4.02. The fourth-order valence-electron chi connectivity index (χ4n) is 1.34. The van der Waals surface area contributed by atoms with Crippen LogP contribution in [0, 0.1) is 0 Å². The molecule has 1 heterocycles. The molecule has 0 unspecified atom stereocenters. The van der Waals surface area contributed by atoms with Gasteiger partial charge in [0, 0.05) is 6.54 Å². The topological polar surface area (TPSA) is 55.3 Å². The highest BCUT2D eigenvalue weighted by Gasteiger charge is 2.36. The van der Waals surface area contributed by atoms with Gasteiger partial charge in [-0.05, 0) is 27.1 Å². The first-order valence-electron chi connectivity index (χ1n) is 7.51. The van der Waals surface area contributed by atoms with Crippen molar-refractivity contribution < 1.29 is 22.7 Å². The Kier molecular flexibility index (Phi) is 12.1. The highest BCUT2D eigenvalue weighted by atomic mass is 19.4. The molecule has 0 aliphatic rings. The Balaban J connectivity index is 0. The van der Waals surface area contributed by atoms with E-state index < -0.39 is 18.0 Å². The lowest BCUT2D eigenvalue weighted by Crippen LogP contribution is -2.20. The summed E-state index contributed by atoms with van der Waals surface area (Å²) in [4.78, 5) is 19.7. The van der Waals surface area contributed by atoms with Crippen molar-refractivity contribution in [2.75, 3.05) is 20.7 Å². The monoisotopic (exact) mass is 337 g/mol. The van der Waals surface area contributed by atoms with Crippen LogP contribution in [0.25, 0.3) is 0 Å². The van der Waals surface area contributed by atoms with Crippen LogP contribution >= 0.6 is 0 Å². The molecule has 0 N–H and O–H groups in total. The summed E-state index contributed by atoms with van der Waals surface area (Å²) in [5.74, 6) is -2.23. The Morgan fingerprint density at radius 1 is 1.17 bits per heavy atom. The summed E-state index contributed by atoms with van der Waals surface area (Å²) in [5.41, 5.74) is -0.281. The summed E-state index contributed by atoms with van der Waals surface area (Å²) < 4.78 is 42.6. The summed E-state index contributed by atoms with van der Waals surface area (Å²) in [6.45, 7) is 9.79. The molecule has 0 aliphatic carbocycles. The number of carbonyl (C=O) groups is 1. The van der Waals surface area contributed by atoms with Crippen molar-refractivity contribution in [2.45, 2.75) is 47.3 Å². The molecule has 0 saturated heterocycles. The van der Waals surface area contributed by atoms with E-state index in [1.807, 2.05) is 27.7 Å². The van der Waals surface area contributed by atoms with Crippen molar-refractivity contribution in [1.82, 2.24) is 14.9 Å². The molecular weight excluding hydrogens is 311 g/mol. The molecular formula is C15H26F3N3O2. The number of hydrogen-bond acceptors (Lipinski definition) is 5. The molecule has 0 aromatic carbocycles. The van der Waals surface area contributed by atoms with Crippen molar-refractivity contribution in [3.05, 3.63) is 23.3 Å². The van der Waals surface area contributed by atoms with Gasteiger partial charge >= 0.3 is 12.1 Å². The predicted octanol–water partition coefficient (Wildman–Crippen LogP) is 3.79. The van der Waals surface area contributed by atoms with Gasteiger partial charge in [0.15, 0.2) is 5.69 Å². The standard InChI is InChI=1S/C11H14F3N3O2.2C2H6/c1-4-19-9(18)8-5-7(6-17(2)3)15-10(16-8)11(12,13)14;2*1-2/h5H,4,6H2,1-3H3;2*1-2H3. The van der Waals surface area contributed by atoms with Crippen molar-refractivity contribution >= 4 is 5.97 Å². The van der Waals surface area contributed by atoms with Gasteiger partial charge in [-0.2, -0.15) is 13.2 Å². The van der Waals surface area contributed by atoms with Crippen molar-refractivity contribution in [2.24, 2.45) is 0 Å². The SMILES string of the molecule is CC.CC.CCOC(=O)c1cc(CN(C)C)nc(C(F)(F)F)n1. The van der Waals surface area contributed by atoms with E-state index in [0.29, 0.717) is 0 Å². The van der Waals surface area contributed by atoms with E-state index in [2.05, 4.69) is 14.7 Å². The van der Waals surface area contributed by atoms with Gasteiger partial charge in [-0.3, -0.25) is 0 Å². The van der Waals surface area contributed by atoms with E-state index in [1.165, 1.54) is 6.07 Å². The highest BCUT2D eigenvalue weighted by Crippen LogP contribution is 2.26. The summed E-state index contributed by atoms with van der Waals surface area (Å²) in [5, 5.41) is 0. The fourth-order valence-corrected chi connectivity index (χ4v) is 1.34. The Bertz CT molecular complexity index is 464. The van der Waals surface area contributed by atoms with Crippen LogP contribution in [-0.4, -0.2) is 41.5 Å². The maximum atomic E-state index is 12.6. The molecule has 0 radical (unpaired) electrons. The van der Waals surface area contributed by atoms with E-state index in [0.717, 1.165) is 0 Å². The van der Waals surface area contributed by atoms with Crippen LogP contribution in [0.4, 0.5) is 13.2 Å². The molecule has 0 amide bonds. The first-order chi connectivity index (χ1) is 10.7. The van der Waals surface area contributed by atoms with Gasteiger partial charge in [-0.25, -0.2) is 14.8 Å². The average Bonchev–Trinajstić information content (AvgIpc) is 2.49. The lowest BCUT2D eigenvalue weighted by Gasteiger charge is -2.12. The van der Waals surface area contributed by atoms with Crippen LogP contribution < -0.4 is 0 Å². The van der Waals surface area contributed by atoms with Crippen molar-refractivity contribution in [3.8, 4) is 0 Å². The molecule has 0 aliphatic heterocycles. The van der Waals surface area contributed by atoms with Gasteiger partial charge in [-0.15, -0.1) is 0 Å². The van der Waals surface area contributed by atoms with Crippen molar-refractivity contribution in [3.63, 3.8) is 0 Å². The average molecular weight is 337 g/mol. The summed E-state index contributed by atoms with van der Waals surface area (Å²) in [7, 11) is 3.36. The minimum Gasteiger partial charge on any atom is -0.461 e. The van der Waals surface area contributed by atoms with Crippen LogP contribution in [-0.2, 0) is 17.5 Å². The molecule has 0 atom stereocenters. The molecule has 8 heteroatoms. The number of aromatic nitrogens is 2. The largest absolute Gasteiger partial charge is 0.461 e. The molecule has 5 nitrogen and oxygen atoms in total. The molecule has 0 bridgehead atoms. The van der Waals surface area contributed by atoms with Gasteiger partial charge in [0.2, 0.25) is 5.82 Å². The zero-order valence-corrected chi connectivity index (χ0v) is 14.8. The maximum Gasteiger partial charge on any atom is 0.451 e. The van der Waals surface area contributed by atoms with Gasteiger partial charge in [0.1, 0.15) is 0 Å². The van der Waals surface area contributed by atoms with Gasteiger partial charge in [0.25, 0.3) is 0 Å². The van der Waals surface area contributed by atoms with Crippen LogP contribution in [0.1, 0.15) is 56.6 Å². The number of ether oxygens (including phenoxy) is 1. The molecule has 1 aromatic heterocycles. The predicted molar refractivity (Wildman–Crippen MR) is 83.1 cm³/mol. The zero-order chi connectivity index (χ0) is 18.6. The van der Waals surface area contributed by atoms with E-state index >= 15 is 0 Å². The maximum absolute atomic E-state index is 12.6. The molecule has 23 heavy (non-hydrogen) atoms. The summed E-state index contributed by atoms with van der Waals surface area (Å²) in [6, 6.07) is 1.20. The molecule has 0 saturated carbocycles. The number of halogens is 3. The third-order valence-electron chi connectivity index (χ3n) is 2.00. The lowest BCUT2D eigenvalue weighted by atomic mass is 10.3. The molecule has 134 valence electrons. The Morgan fingerprint density at radius 3 is 2.09 bits per heavy atom. The van der Waals surface area contributed by atoms with Gasteiger partial charge in [0.05, 0.1) is 12.3 Å². The van der Waals surface area contributed by atoms with Gasteiger partial charge < -0.3 is 9.64 Å². The fraction of sp³-hybridized carbons (Fsp3) is 0.667. The normalized spacial score (nSPS) is 10.2. The smallest absolute Gasteiger partial charge is 0.451 e. The minimum atomic E-state index is -4.70. The zero-order valence-electron chi connectivity index (χ0n) is 14.8. The molecule has 1 rings (SSSR count). The van der Waals surface area contributed by atoms with Crippen LogP contribution in [0.5, 0.6) is 0 Å². The number of hydrogen-bond donors (Lipinski definition) is 0. The number of nitrogens with zero attached hydrogens (tertiary/aromatic N) is 3. The molecule has 0 spiro atoms. The summed E-state index contributed by atoms with van der Waals surface area (Å²) >= 11 is 0. The quantitative estimate of drug-likeness (QED) is 0.783. The Hall–Kier alpha value is -1.70. The van der Waals surface area contributed by atoms with E-state index in [4.69, 9.17) is 0 Å². The second kappa shape index (κ2) is 11.8. The minimum absolute atomic E-state index is 0.0627. The first-order valence-corrected chi connectivity index (χ1v) is 7.51. The highest BCUT2D eigenvalue weighted by molar-refractivity contribution is 5.87. The van der Waals surface area contributed by atoms with Crippen LogP contribution in [0.2, 0.25) is 0 Å². The Labute approximate surface area is 135 Å². The van der Waals surface area contributed by atoms with E-state index in [-0.39, 0.29) is 24.5 Å². The van der Waals surface area contributed by atoms with E-state index in [9.17, 15) is 18.0 Å². The van der Waals surface area contributed by atoms with E-state index in [1.54, 1.807) is 25.9 Å². The number of alkyl halides is 3. The number of esters is 1. The number of rotatable bonds is 4. The van der Waals surface area contributed by atoms with Crippen LogP contribution in [0.15, 0.2) is 6.07 Å². The second-order valence-electron chi connectivity index (χ2n) is 4.02. The molecule has 0 fully saturated rings. The third-order valence-corrected chi connectivity index (χ3v) is 2.00.